The minimum absolute atomic E-state index is 0.300. The first kappa shape index (κ1) is 11.9. The van der Waals surface area contributed by atoms with E-state index in [1.807, 2.05) is 29.3 Å². The number of hydrogen-bond acceptors (Lipinski definition) is 6. The number of rotatable bonds is 4. The second-order valence-electron chi connectivity index (χ2n) is 4.20. The van der Waals surface area contributed by atoms with Crippen molar-refractivity contribution in [3.05, 3.63) is 29.7 Å². The highest BCUT2D eigenvalue weighted by Crippen LogP contribution is 2.25. The minimum atomic E-state index is 0.300. The summed E-state index contributed by atoms with van der Waals surface area (Å²) in [6, 6.07) is 2.00. The van der Waals surface area contributed by atoms with Crippen LogP contribution in [0, 0.1) is 0 Å². The van der Waals surface area contributed by atoms with Gasteiger partial charge in [-0.25, -0.2) is 9.97 Å². The highest BCUT2D eigenvalue weighted by molar-refractivity contribution is 7.16. The number of aryl methyl sites for hydroxylation is 1. The molecule has 0 atom stereocenters. The van der Waals surface area contributed by atoms with Crippen LogP contribution >= 0.6 is 11.3 Å². The Labute approximate surface area is 114 Å². The van der Waals surface area contributed by atoms with Crippen LogP contribution in [-0.4, -0.2) is 26.1 Å². The molecule has 0 saturated carbocycles. The maximum absolute atomic E-state index is 5.70. The standard InChI is InChI=1S/C12H14N6S/c1-18-6-5-14-9(18)2-4-15-10-8-3-7-19-11(8)17-12(13)16-10/h3,5-7H,2,4H2,1H3,(H3,13,15,16,17). The Bertz CT molecular complexity index is 701. The van der Waals surface area contributed by atoms with Crippen molar-refractivity contribution in [2.75, 3.05) is 17.6 Å². The summed E-state index contributed by atoms with van der Waals surface area (Å²) in [7, 11) is 1.99. The number of nitrogens with zero attached hydrogens (tertiary/aromatic N) is 4. The third-order valence-electron chi connectivity index (χ3n) is 2.90. The average molecular weight is 274 g/mol. The molecule has 0 aliphatic heterocycles. The number of nitrogens with one attached hydrogen (secondary N) is 1. The van der Waals surface area contributed by atoms with Crippen LogP contribution in [0.4, 0.5) is 11.8 Å². The first-order valence-electron chi connectivity index (χ1n) is 5.95. The fourth-order valence-corrected chi connectivity index (χ4v) is 2.71. The molecule has 0 spiro atoms. The summed E-state index contributed by atoms with van der Waals surface area (Å²) in [6.07, 6.45) is 4.57. The number of fused-ring (bicyclic) bond motifs is 1. The summed E-state index contributed by atoms with van der Waals surface area (Å²) in [5.41, 5.74) is 5.70. The van der Waals surface area contributed by atoms with Crippen molar-refractivity contribution < 1.29 is 0 Å². The molecule has 0 fully saturated rings. The Hall–Kier alpha value is -2.15. The van der Waals surface area contributed by atoms with Gasteiger partial charge in [0.1, 0.15) is 16.5 Å². The average Bonchev–Trinajstić information content (AvgIpc) is 2.98. The largest absolute Gasteiger partial charge is 0.369 e. The van der Waals surface area contributed by atoms with Gasteiger partial charge >= 0.3 is 0 Å². The van der Waals surface area contributed by atoms with Crippen LogP contribution in [0.15, 0.2) is 23.8 Å². The molecule has 19 heavy (non-hydrogen) atoms. The molecule has 0 radical (unpaired) electrons. The first-order valence-corrected chi connectivity index (χ1v) is 6.83. The highest BCUT2D eigenvalue weighted by atomic mass is 32.1. The van der Waals surface area contributed by atoms with Gasteiger partial charge in [0.25, 0.3) is 0 Å². The number of aromatic nitrogens is 4. The van der Waals surface area contributed by atoms with E-state index < -0.39 is 0 Å². The van der Waals surface area contributed by atoms with Crippen molar-refractivity contribution in [1.82, 2.24) is 19.5 Å². The lowest BCUT2D eigenvalue weighted by molar-refractivity contribution is 0.789. The van der Waals surface area contributed by atoms with E-state index in [2.05, 4.69) is 20.3 Å². The molecule has 0 amide bonds. The van der Waals surface area contributed by atoms with Crippen LogP contribution in [0.3, 0.4) is 0 Å². The number of hydrogen-bond donors (Lipinski definition) is 2. The van der Waals surface area contributed by atoms with Crippen molar-refractivity contribution in [3.63, 3.8) is 0 Å². The lowest BCUT2D eigenvalue weighted by atomic mass is 10.3. The second kappa shape index (κ2) is 4.85. The van der Waals surface area contributed by atoms with Gasteiger partial charge in [0.15, 0.2) is 0 Å². The van der Waals surface area contributed by atoms with Crippen LogP contribution in [0.5, 0.6) is 0 Å². The highest BCUT2D eigenvalue weighted by Gasteiger charge is 2.07. The fraction of sp³-hybridized carbons (Fsp3) is 0.250. The van der Waals surface area contributed by atoms with E-state index in [9.17, 15) is 0 Å². The van der Waals surface area contributed by atoms with E-state index in [4.69, 9.17) is 5.73 Å². The summed E-state index contributed by atoms with van der Waals surface area (Å²) < 4.78 is 2.01. The zero-order valence-corrected chi connectivity index (χ0v) is 11.3. The van der Waals surface area contributed by atoms with E-state index in [1.165, 1.54) is 0 Å². The molecule has 3 rings (SSSR count). The van der Waals surface area contributed by atoms with Crippen LogP contribution < -0.4 is 11.1 Å². The van der Waals surface area contributed by atoms with Crippen molar-refractivity contribution >= 4 is 33.3 Å². The Morgan fingerprint density at radius 3 is 3.11 bits per heavy atom. The van der Waals surface area contributed by atoms with Gasteiger partial charge in [-0.2, -0.15) is 4.98 Å². The number of nitrogen functional groups attached to an aromatic ring is 1. The lowest BCUT2D eigenvalue weighted by Crippen LogP contribution is -2.10. The molecule has 0 saturated heterocycles. The van der Waals surface area contributed by atoms with Gasteiger partial charge in [-0.3, -0.25) is 0 Å². The molecule has 7 heteroatoms. The van der Waals surface area contributed by atoms with Crippen molar-refractivity contribution in [2.45, 2.75) is 6.42 Å². The van der Waals surface area contributed by atoms with E-state index >= 15 is 0 Å². The maximum atomic E-state index is 5.70. The fourth-order valence-electron chi connectivity index (χ4n) is 1.94. The number of thiophene rings is 1. The third-order valence-corrected chi connectivity index (χ3v) is 3.71. The third kappa shape index (κ3) is 2.37. The molecule has 98 valence electrons. The van der Waals surface area contributed by atoms with E-state index in [1.54, 1.807) is 17.5 Å². The molecule has 0 bridgehead atoms. The molecule has 3 aromatic rings. The topological polar surface area (TPSA) is 81.7 Å². The summed E-state index contributed by atoms with van der Waals surface area (Å²) in [4.78, 5) is 13.6. The van der Waals surface area contributed by atoms with Crippen molar-refractivity contribution in [1.29, 1.82) is 0 Å². The van der Waals surface area contributed by atoms with Crippen molar-refractivity contribution in [2.24, 2.45) is 7.05 Å². The van der Waals surface area contributed by atoms with Gasteiger partial charge in [0, 0.05) is 32.4 Å². The molecular formula is C12H14N6S. The van der Waals surface area contributed by atoms with E-state index in [0.29, 0.717) is 5.95 Å². The predicted molar refractivity (Wildman–Crippen MR) is 77.2 cm³/mol. The monoisotopic (exact) mass is 274 g/mol. The molecule has 0 aromatic carbocycles. The van der Waals surface area contributed by atoms with Gasteiger partial charge in [-0.05, 0) is 11.4 Å². The summed E-state index contributed by atoms with van der Waals surface area (Å²) in [5.74, 6) is 2.13. The van der Waals surface area contributed by atoms with E-state index in [0.717, 1.165) is 34.8 Å². The number of nitrogens with two attached hydrogens (primary N) is 1. The Morgan fingerprint density at radius 1 is 1.42 bits per heavy atom. The normalized spacial score (nSPS) is 11.0. The maximum Gasteiger partial charge on any atom is 0.223 e. The van der Waals surface area contributed by atoms with Gasteiger partial charge in [-0.1, -0.05) is 0 Å². The Morgan fingerprint density at radius 2 is 2.32 bits per heavy atom. The van der Waals surface area contributed by atoms with Crippen LogP contribution in [0.2, 0.25) is 0 Å². The summed E-state index contributed by atoms with van der Waals surface area (Å²) in [5, 5.41) is 6.30. The summed E-state index contributed by atoms with van der Waals surface area (Å²) in [6.45, 7) is 0.756. The van der Waals surface area contributed by atoms with Crippen LogP contribution in [0.1, 0.15) is 5.82 Å². The van der Waals surface area contributed by atoms with Gasteiger partial charge in [0.2, 0.25) is 5.95 Å². The van der Waals surface area contributed by atoms with Gasteiger partial charge in [0.05, 0.1) is 5.39 Å². The zero-order valence-electron chi connectivity index (χ0n) is 10.5. The molecule has 0 unspecified atom stereocenters. The number of imidazole rings is 1. The first-order chi connectivity index (χ1) is 9.24. The molecule has 3 N–H and O–H groups in total. The molecular weight excluding hydrogens is 260 g/mol. The Balaban J connectivity index is 1.75. The SMILES string of the molecule is Cn1ccnc1CCNc1nc(N)nc2sccc12. The van der Waals surface area contributed by atoms with Crippen LogP contribution in [0.25, 0.3) is 10.2 Å². The van der Waals surface area contributed by atoms with Crippen LogP contribution in [-0.2, 0) is 13.5 Å². The second-order valence-corrected chi connectivity index (χ2v) is 5.10. The van der Waals surface area contributed by atoms with Gasteiger partial charge < -0.3 is 15.6 Å². The van der Waals surface area contributed by atoms with Gasteiger partial charge in [-0.15, -0.1) is 11.3 Å². The smallest absolute Gasteiger partial charge is 0.223 e. The summed E-state index contributed by atoms with van der Waals surface area (Å²) >= 11 is 1.56. The predicted octanol–water partition coefficient (Wildman–Crippen LogP) is 1.66. The Kier molecular flexibility index (Phi) is 3.04. The molecule has 3 aromatic heterocycles. The zero-order chi connectivity index (χ0) is 13.2. The lowest BCUT2D eigenvalue weighted by Gasteiger charge is -2.07. The van der Waals surface area contributed by atoms with E-state index in [-0.39, 0.29) is 0 Å². The quantitative estimate of drug-likeness (QED) is 0.756. The number of anilines is 2. The van der Waals surface area contributed by atoms with Crippen molar-refractivity contribution in [3.8, 4) is 0 Å². The minimum Gasteiger partial charge on any atom is -0.369 e. The molecule has 0 aliphatic rings. The molecule has 6 nitrogen and oxygen atoms in total. The molecule has 0 aliphatic carbocycles. The molecule has 3 heterocycles.